The van der Waals surface area contributed by atoms with Crippen LogP contribution in [0.1, 0.15) is 44.4 Å². The van der Waals surface area contributed by atoms with E-state index >= 15 is 0 Å². The fraction of sp³-hybridized carbons (Fsp3) is 0.714. The first-order valence-corrected chi connectivity index (χ1v) is 8.73. The molecule has 2 unspecified atom stereocenters. The van der Waals surface area contributed by atoms with Crippen molar-refractivity contribution in [3.05, 3.63) is 19.8 Å². The largest absolute Gasteiger partial charge is 0.309 e. The molecule has 2 atom stereocenters. The summed E-state index contributed by atoms with van der Waals surface area (Å²) in [4.78, 5) is 1.32. The van der Waals surface area contributed by atoms with Crippen LogP contribution in [0.3, 0.4) is 0 Å². The second-order valence-corrected chi connectivity index (χ2v) is 8.11. The highest BCUT2D eigenvalue weighted by Crippen LogP contribution is 2.33. The van der Waals surface area contributed by atoms with Gasteiger partial charge in [0, 0.05) is 21.9 Å². The molecule has 0 aliphatic heterocycles. The zero-order valence-electron chi connectivity index (χ0n) is 11.0. The molecule has 1 heterocycles. The molecule has 18 heavy (non-hydrogen) atoms. The van der Waals surface area contributed by atoms with Gasteiger partial charge in [0.25, 0.3) is 0 Å². The molecule has 0 aromatic carbocycles. The molecule has 1 aliphatic carbocycles. The van der Waals surface area contributed by atoms with Crippen molar-refractivity contribution in [2.45, 2.75) is 52.1 Å². The first-order valence-electron chi connectivity index (χ1n) is 6.75. The lowest BCUT2D eigenvalue weighted by molar-refractivity contribution is 0.205. The maximum absolute atomic E-state index is 6.07. The lowest BCUT2D eigenvalue weighted by Gasteiger charge is -2.35. The smallest absolute Gasteiger partial charge is 0.107 e. The van der Waals surface area contributed by atoms with E-state index in [0.29, 0.717) is 6.04 Å². The molecule has 0 bridgehead atoms. The number of rotatable bonds is 4. The normalized spacial score (nSPS) is 24.7. The van der Waals surface area contributed by atoms with Crippen molar-refractivity contribution in [3.8, 4) is 0 Å². The highest BCUT2D eigenvalue weighted by atomic mass is 79.9. The standard InChI is InChI=1S/C14H21BrClNS/c1-9(2)11-5-3-4-6-13(11)17-8-10-7-12(15)14(16)18-10/h7,9,11,13,17H,3-6,8H2,1-2H3. The molecule has 1 N–H and O–H groups in total. The Balaban J connectivity index is 1.91. The highest BCUT2D eigenvalue weighted by molar-refractivity contribution is 9.10. The molecular formula is C14H21BrClNS. The summed E-state index contributed by atoms with van der Waals surface area (Å²) in [5, 5.41) is 3.74. The summed E-state index contributed by atoms with van der Waals surface area (Å²) in [6.45, 7) is 5.65. The topological polar surface area (TPSA) is 12.0 Å². The lowest BCUT2D eigenvalue weighted by atomic mass is 9.78. The Labute approximate surface area is 127 Å². The summed E-state index contributed by atoms with van der Waals surface area (Å²) in [5.41, 5.74) is 0. The minimum Gasteiger partial charge on any atom is -0.309 e. The summed E-state index contributed by atoms with van der Waals surface area (Å²) in [6.07, 6.45) is 5.47. The van der Waals surface area contributed by atoms with Crippen LogP contribution in [0, 0.1) is 11.8 Å². The maximum atomic E-state index is 6.07. The molecule has 4 heteroatoms. The molecule has 1 aliphatic rings. The van der Waals surface area contributed by atoms with Gasteiger partial charge in [-0.1, -0.05) is 38.3 Å². The van der Waals surface area contributed by atoms with Crippen molar-refractivity contribution < 1.29 is 0 Å². The Kier molecular flexibility index (Phi) is 5.55. The van der Waals surface area contributed by atoms with Gasteiger partial charge in [0.1, 0.15) is 4.34 Å². The van der Waals surface area contributed by atoms with E-state index in [9.17, 15) is 0 Å². The molecule has 1 nitrogen and oxygen atoms in total. The zero-order chi connectivity index (χ0) is 13.1. The maximum Gasteiger partial charge on any atom is 0.107 e. The lowest BCUT2D eigenvalue weighted by Crippen LogP contribution is -2.40. The third-order valence-electron chi connectivity index (χ3n) is 3.91. The Hall–Kier alpha value is 0.430. The van der Waals surface area contributed by atoms with Crippen molar-refractivity contribution >= 4 is 38.9 Å². The summed E-state index contributed by atoms with van der Waals surface area (Å²) in [6, 6.07) is 2.81. The Morgan fingerprint density at radius 1 is 1.44 bits per heavy atom. The molecular weight excluding hydrogens is 330 g/mol. The van der Waals surface area contributed by atoms with Gasteiger partial charge in [-0.15, -0.1) is 11.3 Å². The first-order chi connectivity index (χ1) is 8.58. The summed E-state index contributed by atoms with van der Waals surface area (Å²) in [5.74, 6) is 1.61. The average Bonchev–Trinajstić information content (AvgIpc) is 2.66. The second-order valence-electron chi connectivity index (χ2n) is 5.51. The highest BCUT2D eigenvalue weighted by Gasteiger charge is 2.27. The minimum absolute atomic E-state index is 0.679. The van der Waals surface area contributed by atoms with E-state index in [4.69, 9.17) is 11.6 Å². The Morgan fingerprint density at radius 2 is 2.17 bits per heavy atom. The van der Waals surface area contributed by atoms with E-state index in [0.717, 1.165) is 27.2 Å². The fourth-order valence-electron chi connectivity index (χ4n) is 2.92. The van der Waals surface area contributed by atoms with Gasteiger partial charge in [0.05, 0.1) is 0 Å². The number of halogens is 2. The van der Waals surface area contributed by atoms with E-state index in [2.05, 4.69) is 41.2 Å². The van der Waals surface area contributed by atoms with Crippen LogP contribution in [0.2, 0.25) is 4.34 Å². The van der Waals surface area contributed by atoms with Crippen molar-refractivity contribution in [2.75, 3.05) is 0 Å². The molecule has 1 aromatic heterocycles. The number of hydrogen-bond donors (Lipinski definition) is 1. The van der Waals surface area contributed by atoms with Gasteiger partial charge >= 0.3 is 0 Å². The Bertz CT molecular complexity index is 372. The summed E-state index contributed by atoms with van der Waals surface area (Å²) < 4.78 is 1.88. The van der Waals surface area contributed by atoms with Crippen molar-refractivity contribution in [3.63, 3.8) is 0 Å². The van der Waals surface area contributed by atoms with Gasteiger partial charge in [-0.2, -0.15) is 0 Å². The van der Waals surface area contributed by atoms with E-state index in [1.54, 1.807) is 11.3 Å². The minimum atomic E-state index is 0.679. The van der Waals surface area contributed by atoms with Gasteiger partial charge in [-0.3, -0.25) is 0 Å². The molecule has 0 amide bonds. The molecule has 1 saturated carbocycles. The predicted molar refractivity (Wildman–Crippen MR) is 84.5 cm³/mol. The molecule has 0 saturated heterocycles. The Morgan fingerprint density at radius 3 is 2.78 bits per heavy atom. The first kappa shape index (κ1) is 14.8. The van der Waals surface area contributed by atoms with Crippen LogP contribution in [0.5, 0.6) is 0 Å². The van der Waals surface area contributed by atoms with Gasteiger partial charge in [0.2, 0.25) is 0 Å². The molecule has 0 spiro atoms. The predicted octanol–water partition coefficient (Wildman–Crippen LogP) is 5.47. The van der Waals surface area contributed by atoms with Crippen molar-refractivity contribution in [2.24, 2.45) is 11.8 Å². The number of nitrogens with one attached hydrogen (secondary N) is 1. The third kappa shape index (κ3) is 3.72. The van der Waals surface area contributed by atoms with Crippen LogP contribution in [0.25, 0.3) is 0 Å². The number of thiophene rings is 1. The van der Waals surface area contributed by atoms with Crippen LogP contribution < -0.4 is 5.32 Å². The molecule has 1 fully saturated rings. The third-order valence-corrected chi connectivity index (χ3v) is 6.39. The molecule has 1 aromatic rings. The summed E-state index contributed by atoms with van der Waals surface area (Å²) in [7, 11) is 0. The van der Waals surface area contributed by atoms with Crippen LogP contribution in [0.15, 0.2) is 10.5 Å². The van der Waals surface area contributed by atoms with Crippen LogP contribution in [-0.4, -0.2) is 6.04 Å². The SMILES string of the molecule is CC(C)C1CCCCC1NCc1cc(Br)c(Cl)s1. The van der Waals surface area contributed by atoms with E-state index in [1.807, 2.05) is 0 Å². The van der Waals surface area contributed by atoms with Gasteiger partial charge in [-0.25, -0.2) is 0 Å². The van der Waals surface area contributed by atoms with Crippen LogP contribution in [0.4, 0.5) is 0 Å². The molecule has 2 rings (SSSR count). The summed E-state index contributed by atoms with van der Waals surface area (Å²) >= 11 is 11.2. The monoisotopic (exact) mass is 349 g/mol. The molecule has 102 valence electrons. The van der Waals surface area contributed by atoms with Gasteiger partial charge < -0.3 is 5.32 Å². The van der Waals surface area contributed by atoms with E-state index in [-0.39, 0.29) is 0 Å². The molecule has 0 radical (unpaired) electrons. The van der Waals surface area contributed by atoms with Crippen molar-refractivity contribution in [1.29, 1.82) is 0 Å². The van der Waals surface area contributed by atoms with Crippen molar-refractivity contribution in [1.82, 2.24) is 5.32 Å². The van der Waals surface area contributed by atoms with Crippen LogP contribution in [-0.2, 0) is 6.54 Å². The zero-order valence-corrected chi connectivity index (χ0v) is 14.2. The van der Waals surface area contributed by atoms with E-state index in [1.165, 1.54) is 30.6 Å². The number of hydrogen-bond acceptors (Lipinski definition) is 2. The van der Waals surface area contributed by atoms with E-state index < -0.39 is 0 Å². The fourth-order valence-corrected chi connectivity index (χ4v) is 4.66. The van der Waals surface area contributed by atoms with Gasteiger partial charge in [-0.05, 0) is 46.7 Å². The second kappa shape index (κ2) is 6.74. The average molecular weight is 351 g/mol. The quantitative estimate of drug-likeness (QED) is 0.759. The van der Waals surface area contributed by atoms with Gasteiger partial charge in [0.15, 0.2) is 0 Å². The van der Waals surface area contributed by atoms with Crippen LogP contribution >= 0.6 is 38.9 Å².